The summed E-state index contributed by atoms with van der Waals surface area (Å²) >= 11 is 0. The van der Waals surface area contributed by atoms with E-state index >= 15 is 0 Å². The van der Waals surface area contributed by atoms with E-state index in [0.29, 0.717) is 5.92 Å². The van der Waals surface area contributed by atoms with Gasteiger partial charge < -0.3 is 5.32 Å². The molecule has 0 fully saturated rings. The van der Waals surface area contributed by atoms with Crippen molar-refractivity contribution in [3.05, 3.63) is 35.6 Å². The molecule has 0 heterocycles. The Kier molecular flexibility index (Phi) is 8.48. The zero-order chi connectivity index (χ0) is 13.9. The first-order valence-electron chi connectivity index (χ1n) is 7.71. The number of rotatable bonds is 10. The van der Waals surface area contributed by atoms with Gasteiger partial charge in [-0.15, -0.1) is 0 Å². The van der Waals surface area contributed by atoms with E-state index in [0.717, 1.165) is 25.1 Å². The Morgan fingerprint density at radius 2 is 2.00 bits per heavy atom. The van der Waals surface area contributed by atoms with Gasteiger partial charge >= 0.3 is 0 Å². The SMILES string of the molecule is CCCCCC(CNCCC)Cc1cccc(F)c1. The standard InChI is InChI=1S/C17H28FN/c1-3-5-6-8-16(14-19-11-4-2)12-15-9-7-10-17(18)13-15/h7,9-10,13,16,19H,3-6,8,11-12,14H2,1-2H3. The molecule has 0 bridgehead atoms. The third-order valence-electron chi connectivity index (χ3n) is 3.49. The average Bonchev–Trinajstić information content (AvgIpc) is 2.39. The van der Waals surface area contributed by atoms with Crippen molar-refractivity contribution in [2.45, 2.75) is 52.4 Å². The Balaban J connectivity index is 2.46. The van der Waals surface area contributed by atoms with Crippen LogP contribution in [0.4, 0.5) is 4.39 Å². The first-order chi connectivity index (χ1) is 9.26. The highest BCUT2D eigenvalue weighted by Crippen LogP contribution is 2.16. The Bertz CT molecular complexity index is 328. The molecule has 0 saturated heterocycles. The fourth-order valence-electron chi connectivity index (χ4n) is 2.44. The van der Waals surface area contributed by atoms with Gasteiger partial charge in [0.1, 0.15) is 5.82 Å². The highest BCUT2D eigenvalue weighted by molar-refractivity contribution is 5.16. The van der Waals surface area contributed by atoms with Crippen molar-refractivity contribution < 1.29 is 4.39 Å². The van der Waals surface area contributed by atoms with Crippen LogP contribution in [0.5, 0.6) is 0 Å². The topological polar surface area (TPSA) is 12.0 Å². The maximum atomic E-state index is 13.2. The van der Waals surface area contributed by atoms with E-state index in [9.17, 15) is 4.39 Å². The summed E-state index contributed by atoms with van der Waals surface area (Å²) < 4.78 is 13.2. The second-order valence-corrected chi connectivity index (χ2v) is 5.40. The number of nitrogens with one attached hydrogen (secondary N) is 1. The maximum absolute atomic E-state index is 13.2. The Morgan fingerprint density at radius 1 is 1.16 bits per heavy atom. The van der Waals surface area contributed by atoms with Crippen LogP contribution >= 0.6 is 0 Å². The summed E-state index contributed by atoms with van der Waals surface area (Å²) in [4.78, 5) is 0. The molecule has 2 heteroatoms. The zero-order valence-corrected chi connectivity index (χ0v) is 12.4. The summed E-state index contributed by atoms with van der Waals surface area (Å²) in [6.07, 6.45) is 7.23. The number of hydrogen-bond donors (Lipinski definition) is 1. The number of benzene rings is 1. The van der Waals surface area contributed by atoms with Crippen LogP contribution in [0, 0.1) is 11.7 Å². The molecule has 1 nitrogen and oxygen atoms in total. The van der Waals surface area contributed by atoms with Gasteiger partial charge in [0, 0.05) is 0 Å². The molecule has 108 valence electrons. The van der Waals surface area contributed by atoms with Crippen LogP contribution in [0.3, 0.4) is 0 Å². The van der Waals surface area contributed by atoms with Crippen molar-refractivity contribution in [1.29, 1.82) is 0 Å². The largest absolute Gasteiger partial charge is 0.316 e. The fraction of sp³-hybridized carbons (Fsp3) is 0.647. The van der Waals surface area contributed by atoms with Crippen LogP contribution in [-0.4, -0.2) is 13.1 Å². The molecule has 1 unspecified atom stereocenters. The van der Waals surface area contributed by atoms with Gasteiger partial charge in [-0.3, -0.25) is 0 Å². The highest BCUT2D eigenvalue weighted by atomic mass is 19.1. The van der Waals surface area contributed by atoms with Gasteiger partial charge in [-0.2, -0.15) is 0 Å². The van der Waals surface area contributed by atoms with Crippen molar-refractivity contribution >= 4 is 0 Å². The molecule has 0 aliphatic rings. The van der Waals surface area contributed by atoms with E-state index in [1.165, 1.54) is 38.2 Å². The molecule has 1 aromatic rings. The minimum Gasteiger partial charge on any atom is -0.316 e. The second kappa shape index (κ2) is 9.96. The first-order valence-corrected chi connectivity index (χ1v) is 7.71. The Labute approximate surface area is 117 Å². The molecule has 0 spiro atoms. The van der Waals surface area contributed by atoms with Gasteiger partial charge in [0.05, 0.1) is 0 Å². The number of hydrogen-bond acceptors (Lipinski definition) is 1. The molecule has 0 aliphatic heterocycles. The minimum absolute atomic E-state index is 0.119. The number of halogens is 1. The third-order valence-corrected chi connectivity index (χ3v) is 3.49. The van der Waals surface area contributed by atoms with Crippen molar-refractivity contribution in [2.75, 3.05) is 13.1 Å². The predicted octanol–water partition coefficient (Wildman–Crippen LogP) is 4.56. The molecule has 0 radical (unpaired) electrons. The van der Waals surface area contributed by atoms with Gasteiger partial charge in [0.15, 0.2) is 0 Å². The predicted molar refractivity (Wildman–Crippen MR) is 80.9 cm³/mol. The fourth-order valence-corrected chi connectivity index (χ4v) is 2.44. The molecular weight excluding hydrogens is 237 g/mol. The first kappa shape index (κ1) is 16.2. The number of unbranched alkanes of at least 4 members (excludes halogenated alkanes) is 2. The van der Waals surface area contributed by atoms with Gasteiger partial charge in [0.25, 0.3) is 0 Å². The van der Waals surface area contributed by atoms with E-state index in [4.69, 9.17) is 0 Å². The van der Waals surface area contributed by atoms with Crippen molar-refractivity contribution in [3.63, 3.8) is 0 Å². The molecule has 1 rings (SSSR count). The lowest BCUT2D eigenvalue weighted by molar-refractivity contribution is 0.423. The van der Waals surface area contributed by atoms with Gasteiger partial charge in [-0.25, -0.2) is 4.39 Å². The molecule has 1 atom stereocenters. The third kappa shape index (κ3) is 7.31. The summed E-state index contributed by atoms with van der Waals surface area (Å²) in [5.74, 6) is 0.506. The van der Waals surface area contributed by atoms with Gasteiger partial charge in [-0.05, 0) is 56.0 Å². The lowest BCUT2D eigenvalue weighted by Crippen LogP contribution is -2.25. The summed E-state index contributed by atoms with van der Waals surface area (Å²) in [5, 5.41) is 3.50. The normalized spacial score (nSPS) is 12.6. The summed E-state index contributed by atoms with van der Waals surface area (Å²) in [7, 11) is 0. The van der Waals surface area contributed by atoms with E-state index in [1.807, 2.05) is 12.1 Å². The van der Waals surface area contributed by atoms with E-state index in [-0.39, 0.29) is 5.82 Å². The summed E-state index contributed by atoms with van der Waals surface area (Å²) in [5.41, 5.74) is 1.12. The molecule has 19 heavy (non-hydrogen) atoms. The Hall–Kier alpha value is -0.890. The van der Waals surface area contributed by atoms with Crippen LogP contribution < -0.4 is 5.32 Å². The van der Waals surface area contributed by atoms with Crippen LogP contribution in [0.1, 0.15) is 51.5 Å². The van der Waals surface area contributed by atoms with Crippen LogP contribution in [0.2, 0.25) is 0 Å². The van der Waals surface area contributed by atoms with E-state index in [2.05, 4.69) is 19.2 Å². The maximum Gasteiger partial charge on any atom is 0.123 e. The lowest BCUT2D eigenvalue weighted by atomic mass is 9.93. The quantitative estimate of drug-likeness (QED) is 0.611. The molecule has 0 amide bonds. The van der Waals surface area contributed by atoms with Crippen LogP contribution in [0.25, 0.3) is 0 Å². The van der Waals surface area contributed by atoms with Crippen molar-refractivity contribution in [3.8, 4) is 0 Å². The van der Waals surface area contributed by atoms with Crippen LogP contribution in [0.15, 0.2) is 24.3 Å². The summed E-state index contributed by atoms with van der Waals surface area (Å²) in [6.45, 7) is 6.55. The van der Waals surface area contributed by atoms with Gasteiger partial charge in [0.2, 0.25) is 0 Å². The second-order valence-electron chi connectivity index (χ2n) is 5.40. The summed E-state index contributed by atoms with van der Waals surface area (Å²) in [6, 6.07) is 7.04. The molecule has 1 N–H and O–H groups in total. The Morgan fingerprint density at radius 3 is 2.68 bits per heavy atom. The van der Waals surface area contributed by atoms with Gasteiger partial charge in [-0.1, -0.05) is 45.2 Å². The lowest BCUT2D eigenvalue weighted by Gasteiger charge is -2.17. The molecular formula is C17H28FN. The molecule has 0 aromatic heterocycles. The van der Waals surface area contributed by atoms with Crippen LogP contribution in [-0.2, 0) is 6.42 Å². The highest BCUT2D eigenvalue weighted by Gasteiger charge is 2.09. The van der Waals surface area contributed by atoms with E-state index < -0.39 is 0 Å². The minimum atomic E-state index is -0.119. The van der Waals surface area contributed by atoms with E-state index in [1.54, 1.807) is 6.07 Å². The molecule has 0 saturated carbocycles. The zero-order valence-electron chi connectivity index (χ0n) is 12.4. The van der Waals surface area contributed by atoms with Crippen molar-refractivity contribution in [2.24, 2.45) is 5.92 Å². The molecule has 0 aliphatic carbocycles. The smallest absolute Gasteiger partial charge is 0.123 e. The molecule has 1 aromatic carbocycles. The average molecular weight is 265 g/mol. The monoisotopic (exact) mass is 265 g/mol. The van der Waals surface area contributed by atoms with Crippen molar-refractivity contribution in [1.82, 2.24) is 5.32 Å².